The van der Waals surface area contributed by atoms with Gasteiger partial charge < -0.3 is 19.1 Å². The second-order valence-electron chi connectivity index (χ2n) is 4.30. The largest absolute Gasteiger partial charge is 0.484 e. The van der Waals surface area contributed by atoms with E-state index in [1.165, 1.54) is 12.0 Å². The molecule has 1 rings (SSSR count). The van der Waals surface area contributed by atoms with E-state index in [1.54, 1.807) is 19.2 Å². The first-order valence-electron chi connectivity index (χ1n) is 6.68. The van der Waals surface area contributed by atoms with Crippen LogP contribution in [0.3, 0.4) is 0 Å². The summed E-state index contributed by atoms with van der Waals surface area (Å²) in [5, 5.41) is 0. The Morgan fingerprint density at radius 2 is 1.81 bits per heavy atom. The molecule has 0 spiro atoms. The molecule has 1 amide bonds. The van der Waals surface area contributed by atoms with E-state index in [-0.39, 0.29) is 31.4 Å². The lowest BCUT2D eigenvalue weighted by Gasteiger charge is -2.22. The first-order chi connectivity index (χ1) is 10.2. The second kappa shape index (κ2) is 9.77. The topological polar surface area (TPSA) is 65.1 Å². The van der Waals surface area contributed by atoms with E-state index in [9.17, 15) is 9.59 Å². The van der Waals surface area contributed by atoms with Gasteiger partial charge in [-0.25, -0.2) is 0 Å². The molecule has 0 aliphatic heterocycles. The third-order valence-electron chi connectivity index (χ3n) is 2.84. The number of carbonyl (C=O) groups is 2. The van der Waals surface area contributed by atoms with Crippen molar-refractivity contribution in [2.45, 2.75) is 6.42 Å². The Morgan fingerprint density at radius 3 is 2.43 bits per heavy atom. The zero-order valence-corrected chi connectivity index (χ0v) is 12.4. The molecule has 0 aromatic heterocycles. The van der Waals surface area contributed by atoms with Gasteiger partial charge in [0.15, 0.2) is 6.61 Å². The first kappa shape index (κ1) is 17.0. The minimum atomic E-state index is -0.353. The molecule has 6 nitrogen and oxygen atoms in total. The molecule has 1 aromatic rings. The van der Waals surface area contributed by atoms with Crippen molar-refractivity contribution in [3.05, 3.63) is 30.3 Å². The van der Waals surface area contributed by atoms with Crippen LogP contribution >= 0.6 is 0 Å². The summed E-state index contributed by atoms with van der Waals surface area (Å²) >= 11 is 0. The number of methoxy groups -OCH3 is 2. The molecule has 1 aromatic carbocycles. The summed E-state index contributed by atoms with van der Waals surface area (Å²) in [5.41, 5.74) is 0. The van der Waals surface area contributed by atoms with Crippen LogP contribution in [0.5, 0.6) is 5.75 Å². The van der Waals surface area contributed by atoms with Crippen molar-refractivity contribution >= 4 is 11.9 Å². The zero-order valence-electron chi connectivity index (χ0n) is 12.4. The molecule has 0 bridgehead atoms. The molecule has 0 N–H and O–H groups in total. The SMILES string of the molecule is COCCN(CCC(=O)OC)C(=O)COc1ccccc1. The summed E-state index contributed by atoms with van der Waals surface area (Å²) < 4.78 is 15.0. The summed E-state index contributed by atoms with van der Waals surface area (Å²) in [6, 6.07) is 9.10. The highest BCUT2D eigenvalue weighted by atomic mass is 16.5. The molecular weight excluding hydrogens is 274 g/mol. The van der Waals surface area contributed by atoms with Crippen LogP contribution in [0.2, 0.25) is 0 Å². The summed E-state index contributed by atoms with van der Waals surface area (Å²) in [6.45, 7) is 1.02. The predicted octanol–water partition coefficient (Wildman–Crippen LogP) is 1.10. The predicted molar refractivity (Wildman–Crippen MR) is 77.0 cm³/mol. The van der Waals surface area contributed by atoms with Crippen molar-refractivity contribution in [3.63, 3.8) is 0 Å². The van der Waals surface area contributed by atoms with Crippen LogP contribution in [0, 0.1) is 0 Å². The van der Waals surface area contributed by atoms with Crippen LogP contribution in [-0.4, -0.2) is 57.3 Å². The number of nitrogens with zero attached hydrogens (tertiary/aromatic N) is 1. The summed E-state index contributed by atoms with van der Waals surface area (Å²) in [4.78, 5) is 24.8. The Labute approximate surface area is 124 Å². The lowest BCUT2D eigenvalue weighted by molar-refractivity contribution is -0.142. The maximum Gasteiger partial charge on any atom is 0.307 e. The molecule has 0 atom stereocenters. The number of amides is 1. The van der Waals surface area contributed by atoms with E-state index in [0.717, 1.165) is 0 Å². The molecule has 0 fully saturated rings. The van der Waals surface area contributed by atoms with Gasteiger partial charge in [0.25, 0.3) is 5.91 Å². The van der Waals surface area contributed by atoms with Crippen LogP contribution in [0.4, 0.5) is 0 Å². The standard InChI is InChI=1S/C15H21NO5/c1-19-11-10-16(9-8-15(18)20-2)14(17)12-21-13-6-4-3-5-7-13/h3-7H,8-12H2,1-2H3. The lowest BCUT2D eigenvalue weighted by Crippen LogP contribution is -2.38. The van der Waals surface area contributed by atoms with Crippen molar-refractivity contribution in [2.75, 3.05) is 40.5 Å². The summed E-state index contributed by atoms with van der Waals surface area (Å²) in [6.07, 6.45) is 0.150. The second-order valence-corrected chi connectivity index (χ2v) is 4.30. The van der Waals surface area contributed by atoms with Gasteiger partial charge in [-0.15, -0.1) is 0 Å². The molecule has 0 aliphatic rings. The maximum absolute atomic E-state index is 12.1. The van der Waals surface area contributed by atoms with Crippen LogP contribution in [-0.2, 0) is 19.1 Å². The Kier molecular flexibility index (Phi) is 7.89. The summed E-state index contributed by atoms with van der Waals surface area (Å²) in [7, 11) is 2.88. The molecule has 6 heteroatoms. The highest BCUT2D eigenvalue weighted by molar-refractivity contribution is 5.78. The Morgan fingerprint density at radius 1 is 1.10 bits per heavy atom. The van der Waals surface area contributed by atoms with Gasteiger partial charge in [0.1, 0.15) is 5.75 Å². The number of hydrogen-bond donors (Lipinski definition) is 0. The van der Waals surface area contributed by atoms with Crippen LogP contribution < -0.4 is 4.74 Å². The van der Waals surface area contributed by atoms with E-state index in [0.29, 0.717) is 18.9 Å². The van der Waals surface area contributed by atoms with Crippen LogP contribution in [0.25, 0.3) is 0 Å². The van der Waals surface area contributed by atoms with E-state index in [1.807, 2.05) is 18.2 Å². The van der Waals surface area contributed by atoms with Gasteiger partial charge >= 0.3 is 5.97 Å². The van der Waals surface area contributed by atoms with Crippen molar-refractivity contribution < 1.29 is 23.8 Å². The minimum Gasteiger partial charge on any atom is -0.484 e. The Balaban J connectivity index is 2.47. The lowest BCUT2D eigenvalue weighted by atomic mass is 10.3. The molecule has 21 heavy (non-hydrogen) atoms. The number of hydrogen-bond acceptors (Lipinski definition) is 5. The number of ether oxygens (including phenoxy) is 3. The monoisotopic (exact) mass is 295 g/mol. The maximum atomic E-state index is 12.1. The average molecular weight is 295 g/mol. The van der Waals surface area contributed by atoms with E-state index in [2.05, 4.69) is 4.74 Å². The number of benzene rings is 1. The summed E-state index contributed by atoms with van der Waals surface area (Å²) in [5.74, 6) is 0.0829. The van der Waals surface area contributed by atoms with E-state index >= 15 is 0 Å². The Hall–Kier alpha value is -2.08. The van der Waals surface area contributed by atoms with Gasteiger partial charge in [-0.3, -0.25) is 9.59 Å². The first-order valence-corrected chi connectivity index (χ1v) is 6.68. The molecule has 0 saturated heterocycles. The van der Waals surface area contributed by atoms with E-state index < -0.39 is 0 Å². The van der Waals surface area contributed by atoms with Gasteiger partial charge in [0.05, 0.1) is 20.1 Å². The fourth-order valence-corrected chi connectivity index (χ4v) is 1.64. The van der Waals surface area contributed by atoms with Gasteiger partial charge in [0, 0.05) is 20.2 Å². The highest BCUT2D eigenvalue weighted by Crippen LogP contribution is 2.08. The van der Waals surface area contributed by atoms with Crippen LogP contribution in [0.1, 0.15) is 6.42 Å². The molecular formula is C15H21NO5. The van der Waals surface area contributed by atoms with Crippen molar-refractivity contribution in [1.29, 1.82) is 0 Å². The number of carbonyl (C=O) groups excluding carboxylic acids is 2. The fourth-order valence-electron chi connectivity index (χ4n) is 1.64. The molecule has 0 unspecified atom stereocenters. The number of esters is 1. The number of para-hydroxylation sites is 1. The van der Waals surface area contributed by atoms with Gasteiger partial charge in [-0.2, -0.15) is 0 Å². The Bertz CT molecular complexity index is 435. The quantitative estimate of drug-likeness (QED) is 0.638. The molecule has 0 saturated carbocycles. The molecule has 116 valence electrons. The highest BCUT2D eigenvalue weighted by Gasteiger charge is 2.15. The number of rotatable bonds is 9. The molecule has 0 radical (unpaired) electrons. The van der Waals surface area contributed by atoms with Gasteiger partial charge in [-0.05, 0) is 12.1 Å². The van der Waals surface area contributed by atoms with E-state index in [4.69, 9.17) is 9.47 Å². The third-order valence-corrected chi connectivity index (χ3v) is 2.84. The normalized spacial score (nSPS) is 10.0. The van der Waals surface area contributed by atoms with Gasteiger partial charge in [-0.1, -0.05) is 18.2 Å². The van der Waals surface area contributed by atoms with Crippen molar-refractivity contribution in [1.82, 2.24) is 4.90 Å². The minimum absolute atomic E-state index is 0.0745. The zero-order chi connectivity index (χ0) is 15.5. The van der Waals surface area contributed by atoms with Crippen molar-refractivity contribution in [2.24, 2.45) is 0 Å². The molecule has 0 aliphatic carbocycles. The van der Waals surface area contributed by atoms with Crippen molar-refractivity contribution in [3.8, 4) is 5.75 Å². The average Bonchev–Trinajstić information content (AvgIpc) is 2.53. The molecule has 0 heterocycles. The fraction of sp³-hybridized carbons (Fsp3) is 0.467. The smallest absolute Gasteiger partial charge is 0.307 e. The van der Waals surface area contributed by atoms with Crippen LogP contribution in [0.15, 0.2) is 30.3 Å². The van der Waals surface area contributed by atoms with Gasteiger partial charge in [0.2, 0.25) is 0 Å². The third kappa shape index (κ3) is 6.76.